The number of ether oxygens (including phenoxy) is 1. The Kier molecular flexibility index (Phi) is 5.97. The van der Waals surface area contributed by atoms with Gasteiger partial charge in [-0.1, -0.05) is 25.3 Å². The Hall–Kier alpha value is -3.21. The van der Waals surface area contributed by atoms with Gasteiger partial charge in [0.2, 0.25) is 11.8 Å². The van der Waals surface area contributed by atoms with Crippen LogP contribution in [0.3, 0.4) is 0 Å². The zero-order valence-corrected chi connectivity index (χ0v) is 16.3. The molecule has 1 N–H and O–H groups in total. The second kappa shape index (κ2) is 8.43. The van der Waals surface area contributed by atoms with Crippen LogP contribution in [0.2, 0.25) is 0 Å². The van der Waals surface area contributed by atoms with Gasteiger partial charge < -0.3 is 10.1 Å². The topological polar surface area (TPSA) is 117 Å². The Morgan fingerprint density at radius 2 is 1.83 bits per heavy atom. The second-order valence-electron chi connectivity index (χ2n) is 7.46. The van der Waals surface area contributed by atoms with Gasteiger partial charge in [0.15, 0.2) is 6.10 Å². The molecule has 2 aliphatic rings. The molecule has 0 bridgehead atoms. The summed E-state index contributed by atoms with van der Waals surface area (Å²) in [6.07, 6.45) is 3.11. The fourth-order valence-corrected chi connectivity index (χ4v) is 3.68. The molecule has 1 aliphatic carbocycles. The number of nitriles is 1. The highest BCUT2D eigenvalue weighted by molar-refractivity contribution is 6.20. The maximum Gasteiger partial charge on any atom is 0.338 e. The maximum absolute atomic E-state index is 12.5. The molecule has 3 amide bonds. The highest BCUT2D eigenvalue weighted by Gasteiger charge is 2.36. The molecular weight excluding hydrogens is 374 g/mol. The molecule has 0 spiro atoms. The molecule has 0 aromatic heterocycles. The molecule has 152 valence electrons. The molecule has 1 aromatic rings. The lowest BCUT2D eigenvalue weighted by molar-refractivity contribution is -0.130. The number of nitrogens with zero attached hydrogens (tertiary/aromatic N) is 2. The molecule has 1 saturated heterocycles. The summed E-state index contributed by atoms with van der Waals surface area (Å²) in [5.74, 6) is -1.91. The summed E-state index contributed by atoms with van der Waals surface area (Å²) in [5.41, 5.74) is -0.483. The van der Waals surface area contributed by atoms with E-state index >= 15 is 0 Å². The molecule has 1 atom stereocenters. The van der Waals surface area contributed by atoms with Crippen molar-refractivity contribution >= 4 is 29.4 Å². The van der Waals surface area contributed by atoms with E-state index in [9.17, 15) is 24.4 Å². The number of nitrogens with one attached hydrogen (secondary N) is 1. The summed E-state index contributed by atoms with van der Waals surface area (Å²) in [4.78, 5) is 49.8. The average molecular weight is 397 g/mol. The number of hydrogen-bond acceptors (Lipinski definition) is 6. The third kappa shape index (κ3) is 4.45. The number of amides is 3. The van der Waals surface area contributed by atoms with Gasteiger partial charge in [-0.25, -0.2) is 4.79 Å². The summed E-state index contributed by atoms with van der Waals surface area (Å²) in [6, 6.07) is 8.18. The summed E-state index contributed by atoms with van der Waals surface area (Å²) in [5, 5.41) is 12.2. The highest BCUT2D eigenvalue weighted by Crippen LogP contribution is 2.28. The number of carbonyl (C=O) groups excluding carboxylic acids is 4. The monoisotopic (exact) mass is 397 g/mol. The van der Waals surface area contributed by atoms with Crippen LogP contribution >= 0.6 is 0 Å². The minimum Gasteiger partial charge on any atom is -0.449 e. The van der Waals surface area contributed by atoms with Crippen molar-refractivity contribution in [2.75, 3.05) is 4.90 Å². The Morgan fingerprint density at radius 1 is 1.17 bits per heavy atom. The van der Waals surface area contributed by atoms with Crippen molar-refractivity contribution in [2.24, 2.45) is 0 Å². The first-order valence-corrected chi connectivity index (χ1v) is 9.75. The van der Waals surface area contributed by atoms with Gasteiger partial charge in [-0.2, -0.15) is 5.26 Å². The molecule has 1 aromatic carbocycles. The van der Waals surface area contributed by atoms with E-state index in [1.165, 1.54) is 19.1 Å². The van der Waals surface area contributed by atoms with Crippen molar-refractivity contribution in [3.05, 3.63) is 29.8 Å². The summed E-state index contributed by atoms with van der Waals surface area (Å²) in [7, 11) is 0. The van der Waals surface area contributed by atoms with Crippen molar-refractivity contribution in [3.63, 3.8) is 0 Å². The molecule has 8 heteroatoms. The third-order valence-corrected chi connectivity index (χ3v) is 5.33. The van der Waals surface area contributed by atoms with Crippen molar-refractivity contribution < 1.29 is 23.9 Å². The fraction of sp³-hybridized carbons (Fsp3) is 0.476. The van der Waals surface area contributed by atoms with Gasteiger partial charge in [-0.15, -0.1) is 0 Å². The fourth-order valence-electron chi connectivity index (χ4n) is 3.68. The molecule has 1 heterocycles. The molecule has 8 nitrogen and oxygen atoms in total. The van der Waals surface area contributed by atoms with E-state index in [1.807, 2.05) is 0 Å². The first kappa shape index (κ1) is 20.5. The van der Waals surface area contributed by atoms with E-state index in [0.29, 0.717) is 18.5 Å². The van der Waals surface area contributed by atoms with Gasteiger partial charge in [0, 0.05) is 12.8 Å². The van der Waals surface area contributed by atoms with Crippen LogP contribution in [0.4, 0.5) is 5.69 Å². The van der Waals surface area contributed by atoms with Crippen LogP contribution < -0.4 is 10.2 Å². The van der Waals surface area contributed by atoms with Crippen molar-refractivity contribution in [1.82, 2.24) is 5.32 Å². The number of rotatable bonds is 5. The maximum atomic E-state index is 12.5. The van der Waals surface area contributed by atoms with Gasteiger partial charge in [0.25, 0.3) is 5.91 Å². The molecule has 2 fully saturated rings. The molecule has 29 heavy (non-hydrogen) atoms. The molecule has 0 radical (unpaired) electrons. The summed E-state index contributed by atoms with van der Waals surface area (Å²) < 4.78 is 5.25. The first-order chi connectivity index (χ1) is 13.8. The van der Waals surface area contributed by atoms with E-state index in [-0.39, 0.29) is 30.2 Å². The normalized spacial score (nSPS) is 19.4. The van der Waals surface area contributed by atoms with Crippen LogP contribution in [0.25, 0.3) is 0 Å². The number of carbonyl (C=O) groups is 4. The van der Waals surface area contributed by atoms with Crippen molar-refractivity contribution in [2.45, 2.75) is 63.5 Å². The lowest BCUT2D eigenvalue weighted by atomic mass is 9.83. The van der Waals surface area contributed by atoms with Gasteiger partial charge >= 0.3 is 5.97 Å². The first-order valence-electron chi connectivity index (χ1n) is 9.75. The largest absolute Gasteiger partial charge is 0.449 e. The minimum atomic E-state index is -1.09. The van der Waals surface area contributed by atoms with E-state index in [2.05, 4.69) is 11.4 Å². The zero-order chi connectivity index (χ0) is 21.0. The Bertz CT molecular complexity index is 867. The highest BCUT2D eigenvalue weighted by atomic mass is 16.5. The predicted octanol–water partition coefficient (Wildman–Crippen LogP) is 2.23. The van der Waals surface area contributed by atoms with Gasteiger partial charge in [0.05, 0.1) is 17.3 Å². The van der Waals surface area contributed by atoms with E-state index in [0.717, 1.165) is 24.2 Å². The molecule has 3 rings (SSSR count). The van der Waals surface area contributed by atoms with E-state index in [4.69, 9.17) is 4.74 Å². The van der Waals surface area contributed by atoms with Gasteiger partial charge in [0.1, 0.15) is 5.54 Å². The quantitative estimate of drug-likeness (QED) is 0.601. The van der Waals surface area contributed by atoms with Crippen LogP contribution in [-0.2, 0) is 19.1 Å². The van der Waals surface area contributed by atoms with Crippen LogP contribution in [0, 0.1) is 11.3 Å². The Balaban J connectivity index is 1.66. The van der Waals surface area contributed by atoms with E-state index < -0.39 is 23.5 Å². The number of esters is 1. The van der Waals surface area contributed by atoms with Crippen molar-refractivity contribution in [3.8, 4) is 6.07 Å². The number of hydrogen-bond donors (Lipinski definition) is 1. The lowest BCUT2D eigenvalue weighted by Gasteiger charge is -2.32. The SMILES string of the molecule is C[C@@H](OC(=O)c1cccc(N2C(=O)CCC2=O)c1)C(=O)NC1(C#N)CCCCC1. The summed E-state index contributed by atoms with van der Waals surface area (Å²) >= 11 is 0. The van der Waals surface area contributed by atoms with Crippen LogP contribution in [0.15, 0.2) is 24.3 Å². The molecule has 0 unspecified atom stereocenters. The van der Waals surface area contributed by atoms with Crippen LogP contribution in [0.1, 0.15) is 62.2 Å². The molecule has 1 saturated carbocycles. The lowest BCUT2D eigenvalue weighted by Crippen LogP contribution is -2.52. The minimum absolute atomic E-state index is 0.127. The zero-order valence-electron chi connectivity index (χ0n) is 16.3. The molecule has 1 aliphatic heterocycles. The standard InChI is InChI=1S/C21H23N3O5/c1-14(19(27)23-21(13-22)10-3-2-4-11-21)29-20(28)15-6-5-7-16(12-15)24-17(25)8-9-18(24)26/h5-7,12,14H,2-4,8-11H2,1H3,(H,23,27)/t14-/m1/s1. The smallest absolute Gasteiger partial charge is 0.338 e. The number of anilines is 1. The van der Waals surface area contributed by atoms with Crippen molar-refractivity contribution in [1.29, 1.82) is 5.26 Å². The Morgan fingerprint density at radius 3 is 2.45 bits per heavy atom. The number of benzene rings is 1. The third-order valence-electron chi connectivity index (χ3n) is 5.33. The second-order valence-corrected chi connectivity index (χ2v) is 7.46. The van der Waals surface area contributed by atoms with Crippen LogP contribution in [-0.4, -0.2) is 35.3 Å². The Labute approximate surface area is 168 Å². The average Bonchev–Trinajstić information content (AvgIpc) is 3.06. The summed E-state index contributed by atoms with van der Waals surface area (Å²) in [6.45, 7) is 1.44. The van der Waals surface area contributed by atoms with Gasteiger partial charge in [-0.05, 0) is 38.0 Å². The molecular formula is C21H23N3O5. The van der Waals surface area contributed by atoms with E-state index in [1.54, 1.807) is 12.1 Å². The predicted molar refractivity (Wildman–Crippen MR) is 103 cm³/mol. The number of imide groups is 1. The van der Waals surface area contributed by atoms with Crippen LogP contribution in [0.5, 0.6) is 0 Å². The van der Waals surface area contributed by atoms with Gasteiger partial charge in [-0.3, -0.25) is 19.3 Å².